The number of nitrogens with one attached hydrogen (secondary N) is 1. The zero-order valence-corrected chi connectivity index (χ0v) is 11.0. The van der Waals surface area contributed by atoms with Crippen LogP contribution in [0.25, 0.3) is 0 Å². The van der Waals surface area contributed by atoms with E-state index < -0.39 is 0 Å². The molecule has 4 heteroatoms. The van der Waals surface area contributed by atoms with Gasteiger partial charge in [0.05, 0.1) is 12.1 Å². The molecule has 3 rings (SSSR count). The Morgan fingerprint density at radius 1 is 1.67 bits per heavy atom. The lowest BCUT2D eigenvalue weighted by Crippen LogP contribution is -2.58. The highest BCUT2D eigenvalue weighted by Crippen LogP contribution is 2.46. The number of amides is 1. The van der Waals surface area contributed by atoms with Crippen molar-refractivity contribution in [3.8, 4) is 12.3 Å². The Morgan fingerprint density at radius 3 is 3.17 bits per heavy atom. The molecule has 3 saturated heterocycles. The zero-order valence-electron chi connectivity index (χ0n) is 11.0. The Hall–Kier alpha value is -1.05. The van der Waals surface area contributed by atoms with Crippen LogP contribution < -0.4 is 5.32 Å². The summed E-state index contributed by atoms with van der Waals surface area (Å²) in [6.45, 7) is 6.74. The molecule has 5 atom stereocenters. The Labute approximate surface area is 108 Å². The monoisotopic (exact) mass is 248 g/mol. The predicted octanol–water partition coefficient (Wildman–Crippen LogP) is 0.234. The number of carbonyl (C=O) groups excluding carboxylic acids is 1. The number of hydrogen-bond acceptors (Lipinski definition) is 3. The summed E-state index contributed by atoms with van der Waals surface area (Å²) in [4.78, 5) is 14.1. The van der Waals surface area contributed by atoms with E-state index >= 15 is 0 Å². The summed E-state index contributed by atoms with van der Waals surface area (Å²) in [5.41, 5.74) is -0.221. The van der Waals surface area contributed by atoms with Crippen molar-refractivity contribution < 1.29 is 9.53 Å². The molecule has 1 N–H and O–H groups in total. The van der Waals surface area contributed by atoms with Crippen molar-refractivity contribution in [2.45, 2.75) is 38.0 Å². The first-order valence-electron chi connectivity index (χ1n) is 6.68. The third-order valence-electron chi connectivity index (χ3n) is 4.57. The van der Waals surface area contributed by atoms with Crippen molar-refractivity contribution in [2.24, 2.45) is 11.8 Å². The van der Waals surface area contributed by atoms with Crippen molar-refractivity contribution in [3.63, 3.8) is 0 Å². The number of rotatable bonds is 1. The smallest absolute Gasteiger partial charge is 0.249 e. The number of hydrogen-bond donors (Lipinski definition) is 1. The second kappa shape index (κ2) is 3.97. The number of piperidine rings is 1. The van der Waals surface area contributed by atoms with Gasteiger partial charge in [0, 0.05) is 25.0 Å². The minimum absolute atomic E-state index is 0.0453. The molecule has 4 nitrogen and oxygen atoms in total. The Kier molecular flexibility index (Phi) is 2.65. The van der Waals surface area contributed by atoms with Gasteiger partial charge in [-0.3, -0.25) is 9.69 Å². The fourth-order valence-electron chi connectivity index (χ4n) is 4.23. The molecule has 3 aliphatic rings. The lowest BCUT2D eigenvalue weighted by Gasteiger charge is -2.46. The SMILES string of the molecule is C#CCN1C[C@@H](C)C[C@]2(C)O[C@@H]3C(=O)NCC3[C@H]12. The first-order chi connectivity index (χ1) is 8.55. The molecular formula is C14H20N2O2. The summed E-state index contributed by atoms with van der Waals surface area (Å²) in [5, 5.41) is 2.90. The number of nitrogens with zero attached hydrogens (tertiary/aromatic N) is 1. The highest BCUT2D eigenvalue weighted by atomic mass is 16.5. The van der Waals surface area contributed by atoms with Crippen LogP contribution in [-0.4, -0.2) is 48.2 Å². The van der Waals surface area contributed by atoms with Gasteiger partial charge in [0.2, 0.25) is 5.91 Å². The standard InChI is InChI=1S/C14H20N2O2/c1-4-5-16-8-9(2)6-14(3)12(16)10-7-15-13(17)11(10)18-14/h1,9-12H,5-8H2,2-3H3,(H,15,17)/t9-,10?,11-,12-,14-/m0/s1. The fourth-order valence-corrected chi connectivity index (χ4v) is 4.23. The van der Waals surface area contributed by atoms with E-state index in [9.17, 15) is 4.79 Å². The Morgan fingerprint density at radius 2 is 2.44 bits per heavy atom. The van der Waals surface area contributed by atoms with E-state index in [1.54, 1.807) is 0 Å². The first-order valence-corrected chi connectivity index (χ1v) is 6.68. The Bertz CT molecular complexity index is 417. The summed E-state index contributed by atoms with van der Waals surface area (Å²) >= 11 is 0. The quantitative estimate of drug-likeness (QED) is 0.676. The van der Waals surface area contributed by atoms with Gasteiger partial charge >= 0.3 is 0 Å². The van der Waals surface area contributed by atoms with Crippen molar-refractivity contribution in [3.05, 3.63) is 0 Å². The molecule has 0 aromatic carbocycles. The maximum Gasteiger partial charge on any atom is 0.249 e. The molecule has 1 unspecified atom stereocenters. The maximum absolute atomic E-state index is 11.8. The average Bonchev–Trinajstić information content (AvgIpc) is 2.75. The van der Waals surface area contributed by atoms with Crippen molar-refractivity contribution in [1.29, 1.82) is 0 Å². The molecule has 1 amide bonds. The molecule has 0 aliphatic carbocycles. The number of likely N-dealkylation sites (tertiary alicyclic amines) is 1. The Balaban J connectivity index is 1.92. The summed E-state index contributed by atoms with van der Waals surface area (Å²) in [6.07, 6.45) is 6.22. The number of carbonyl (C=O) groups is 1. The normalized spacial score (nSPS) is 47.3. The van der Waals surface area contributed by atoms with Gasteiger partial charge in [0.15, 0.2) is 0 Å². The van der Waals surface area contributed by atoms with E-state index in [2.05, 4.69) is 30.0 Å². The van der Waals surface area contributed by atoms with Gasteiger partial charge in [-0.25, -0.2) is 0 Å². The van der Waals surface area contributed by atoms with E-state index in [1.165, 1.54) is 0 Å². The molecule has 0 radical (unpaired) electrons. The average molecular weight is 248 g/mol. The molecule has 0 spiro atoms. The molecular weight excluding hydrogens is 228 g/mol. The van der Waals surface area contributed by atoms with Crippen molar-refractivity contribution in [1.82, 2.24) is 10.2 Å². The maximum atomic E-state index is 11.8. The van der Waals surface area contributed by atoms with Crippen LogP contribution >= 0.6 is 0 Å². The van der Waals surface area contributed by atoms with Gasteiger partial charge in [-0.05, 0) is 19.3 Å². The zero-order chi connectivity index (χ0) is 12.9. The van der Waals surface area contributed by atoms with E-state index in [-0.39, 0.29) is 29.6 Å². The molecule has 3 heterocycles. The van der Waals surface area contributed by atoms with Crippen LogP contribution in [0.3, 0.4) is 0 Å². The number of fused-ring (bicyclic) bond motifs is 3. The van der Waals surface area contributed by atoms with E-state index in [0.717, 1.165) is 19.5 Å². The van der Waals surface area contributed by atoms with Gasteiger partial charge in [-0.15, -0.1) is 6.42 Å². The highest BCUT2D eigenvalue weighted by molar-refractivity contribution is 5.84. The lowest BCUT2D eigenvalue weighted by atomic mass is 9.77. The largest absolute Gasteiger partial charge is 0.360 e. The summed E-state index contributed by atoms with van der Waals surface area (Å²) in [7, 11) is 0. The lowest BCUT2D eigenvalue weighted by molar-refractivity contribution is -0.139. The van der Waals surface area contributed by atoms with E-state index in [1.807, 2.05) is 0 Å². The van der Waals surface area contributed by atoms with E-state index in [4.69, 9.17) is 11.2 Å². The molecule has 0 aromatic rings. The summed E-state index contributed by atoms with van der Waals surface area (Å²) in [5.74, 6) is 3.60. The van der Waals surface area contributed by atoms with Crippen molar-refractivity contribution in [2.75, 3.05) is 19.6 Å². The first kappa shape index (κ1) is 12.0. The van der Waals surface area contributed by atoms with Crippen molar-refractivity contribution >= 4 is 5.91 Å². The van der Waals surface area contributed by atoms with Gasteiger partial charge < -0.3 is 10.1 Å². The molecule has 0 bridgehead atoms. The minimum Gasteiger partial charge on any atom is -0.360 e. The molecule has 98 valence electrons. The third-order valence-corrected chi connectivity index (χ3v) is 4.57. The summed E-state index contributed by atoms with van der Waals surface area (Å²) in [6, 6.07) is 0.272. The van der Waals surface area contributed by atoms with Crippen LogP contribution in [0.2, 0.25) is 0 Å². The third kappa shape index (κ3) is 1.58. The fraction of sp³-hybridized carbons (Fsp3) is 0.786. The summed E-state index contributed by atoms with van der Waals surface area (Å²) < 4.78 is 6.11. The molecule has 3 fully saturated rings. The topological polar surface area (TPSA) is 41.6 Å². The van der Waals surface area contributed by atoms with Crippen LogP contribution in [-0.2, 0) is 9.53 Å². The van der Waals surface area contributed by atoms with Crippen LogP contribution in [0.1, 0.15) is 20.3 Å². The molecule has 0 aromatic heterocycles. The number of terminal acetylenes is 1. The van der Waals surface area contributed by atoms with Gasteiger partial charge in [-0.1, -0.05) is 12.8 Å². The van der Waals surface area contributed by atoms with Crippen LogP contribution in [0.5, 0.6) is 0 Å². The minimum atomic E-state index is -0.273. The van der Waals surface area contributed by atoms with Crippen LogP contribution in [0, 0.1) is 24.2 Å². The molecule has 3 aliphatic heterocycles. The predicted molar refractivity (Wildman–Crippen MR) is 67.8 cm³/mol. The number of ether oxygens (including phenoxy) is 1. The highest BCUT2D eigenvalue weighted by Gasteiger charge is 2.60. The van der Waals surface area contributed by atoms with Crippen LogP contribution in [0.4, 0.5) is 0 Å². The second-order valence-electron chi connectivity index (χ2n) is 6.15. The van der Waals surface area contributed by atoms with Gasteiger partial charge in [0.25, 0.3) is 0 Å². The van der Waals surface area contributed by atoms with Gasteiger partial charge in [0.1, 0.15) is 6.10 Å². The second-order valence-corrected chi connectivity index (χ2v) is 6.15. The van der Waals surface area contributed by atoms with Crippen LogP contribution in [0.15, 0.2) is 0 Å². The van der Waals surface area contributed by atoms with E-state index in [0.29, 0.717) is 12.5 Å². The van der Waals surface area contributed by atoms with Gasteiger partial charge in [-0.2, -0.15) is 0 Å². The molecule has 18 heavy (non-hydrogen) atoms. The molecule has 0 saturated carbocycles.